The van der Waals surface area contributed by atoms with E-state index in [-0.39, 0.29) is 13.0 Å². The average Bonchev–Trinajstić information content (AvgIpc) is 2.83. The fourth-order valence-electron chi connectivity index (χ4n) is 2.84. The smallest absolute Gasteiger partial charge is 0.256 e. The maximum absolute atomic E-state index is 13.8. The van der Waals surface area contributed by atoms with Crippen LogP contribution in [0.4, 0.5) is 8.78 Å². The molecular weight excluding hydrogens is 345 g/mol. The van der Waals surface area contributed by atoms with Crippen LogP contribution in [0.15, 0.2) is 30.5 Å². The van der Waals surface area contributed by atoms with Gasteiger partial charge in [0.1, 0.15) is 0 Å². The van der Waals surface area contributed by atoms with E-state index in [9.17, 15) is 8.78 Å². The minimum Gasteiger partial charge on any atom is -0.392 e. The van der Waals surface area contributed by atoms with Crippen molar-refractivity contribution in [3.63, 3.8) is 0 Å². The van der Waals surface area contributed by atoms with E-state index in [1.54, 1.807) is 22.9 Å². The van der Waals surface area contributed by atoms with E-state index < -0.39 is 12.3 Å². The lowest BCUT2D eigenvalue weighted by atomic mass is 9.89. The molecule has 0 unspecified atom stereocenters. The van der Waals surface area contributed by atoms with Gasteiger partial charge in [0.05, 0.1) is 25.0 Å². The summed E-state index contributed by atoms with van der Waals surface area (Å²) in [4.78, 5) is 0. The van der Waals surface area contributed by atoms with Crippen molar-refractivity contribution < 1.29 is 13.9 Å². The molecular formula is C16H14Cl2F2N2O. The van der Waals surface area contributed by atoms with Crippen molar-refractivity contribution in [1.82, 2.24) is 9.78 Å². The number of nitrogens with zero attached hydrogens (tertiary/aromatic N) is 2. The molecule has 0 amide bonds. The third kappa shape index (κ3) is 3.42. The van der Waals surface area contributed by atoms with E-state index in [1.165, 1.54) is 12.3 Å². The van der Waals surface area contributed by atoms with E-state index in [2.05, 4.69) is 5.10 Å². The molecule has 23 heavy (non-hydrogen) atoms. The van der Waals surface area contributed by atoms with Gasteiger partial charge < -0.3 is 5.11 Å². The topological polar surface area (TPSA) is 38.1 Å². The quantitative estimate of drug-likeness (QED) is 0.892. The first-order valence-electron chi connectivity index (χ1n) is 7.06. The van der Waals surface area contributed by atoms with Crippen molar-refractivity contribution in [1.29, 1.82) is 0 Å². The molecule has 1 aliphatic carbocycles. The Labute approximate surface area is 142 Å². The van der Waals surface area contributed by atoms with Crippen LogP contribution in [0.1, 0.15) is 23.2 Å². The third-order valence-corrected chi connectivity index (χ3v) is 4.38. The fraction of sp³-hybridized carbons (Fsp3) is 0.312. The van der Waals surface area contributed by atoms with Crippen LogP contribution in [0.2, 0.25) is 10.0 Å². The van der Waals surface area contributed by atoms with Gasteiger partial charge in [0.15, 0.2) is 0 Å². The summed E-state index contributed by atoms with van der Waals surface area (Å²) in [6.45, 7) is 0.0530. The summed E-state index contributed by atoms with van der Waals surface area (Å²) in [6, 6.07) is 5.13. The second kappa shape index (κ2) is 6.23. The molecule has 1 aromatic carbocycles. The number of benzene rings is 1. The number of hydrogen-bond acceptors (Lipinski definition) is 2. The van der Waals surface area contributed by atoms with Crippen LogP contribution in [-0.4, -0.2) is 27.4 Å². The Morgan fingerprint density at radius 2 is 2.09 bits per heavy atom. The molecule has 0 bridgehead atoms. The number of alkyl halides is 2. The van der Waals surface area contributed by atoms with Crippen LogP contribution in [0.5, 0.6) is 0 Å². The summed E-state index contributed by atoms with van der Waals surface area (Å²) < 4.78 is 29.3. The van der Waals surface area contributed by atoms with Gasteiger partial charge in [-0.2, -0.15) is 5.10 Å². The zero-order chi connectivity index (χ0) is 16.6. The number of halogens is 4. The predicted molar refractivity (Wildman–Crippen MR) is 86.1 cm³/mol. The number of fused-ring (bicyclic) bond motifs is 1. The predicted octanol–water partition coefficient (Wildman–Crippen LogP) is 4.20. The minimum absolute atomic E-state index is 0.294. The molecule has 0 fully saturated rings. The van der Waals surface area contributed by atoms with Gasteiger partial charge in [0.2, 0.25) is 0 Å². The lowest BCUT2D eigenvalue weighted by Gasteiger charge is -2.25. The number of aliphatic hydroxyl groups excluding tert-OH is 1. The summed E-state index contributed by atoms with van der Waals surface area (Å²) in [5.74, 6) is -2.82. The van der Waals surface area contributed by atoms with Crippen molar-refractivity contribution >= 4 is 28.8 Å². The summed E-state index contributed by atoms with van der Waals surface area (Å²) in [7, 11) is 0. The molecule has 0 atom stereocenters. The Kier molecular flexibility index (Phi) is 4.45. The van der Waals surface area contributed by atoms with Crippen LogP contribution < -0.4 is 0 Å². The first kappa shape index (κ1) is 16.4. The minimum atomic E-state index is -2.82. The molecule has 1 aliphatic rings. The maximum Gasteiger partial charge on any atom is 0.256 e. The Bertz CT molecular complexity index is 771. The number of aromatic nitrogens is 2. The molecule has 3 rings (SSSR count). The Morgan fingerprint density at radius 3 is 2.78 bits per heavy atom. The normalized spacial score (nSPS) is 18.2. The van der Waals surface area contributed by atoms with E-state index in [0.717, 1.165) is 5.56 Å². The van der Waals surface area contributed by atoms with Crippen molar-refractivity contribution in [2.45, 2.75) is 25.3 Å². The van der Waals surface area contributed by atoms with E-state index in [1.807, 2.05) is 0 Å². The Morgan fingerprint density at radius 1 is 1.30 bits per heavy atom. The number of hydrogen-bond donors (Lipinski definition) is 1. The highest BCUT2D eigenvalue weighted by molar-refractivity contribution is 6.35. The molecule has 2 aromatic rings. The zero-order valence-electron chi connectivity index (χ0n) is 12.1. The first-order chi connectivity index (χ1) is 10.9. The van der Waals surface area contributed by atoms with E-state index >= 15 is 0 Å². The Balaban J connectivity index is 2.00. The molecule has 1 aromatic heterocycles. The molecule has 0 saturated heterocycles. The summed E-state index contributed by atoms with van der Waals surface area (Å²) in [5.41, 5.74) is 2.31. The highest BCUT2D eigenvalue weighted by Crippen LogP contribution is 2.40. The zero-order valence-corrected chi connectivity index (χ0v) is 13.6. The second-order valence-corrected chi connectivity index (χ2v) is 6.38. The summed E-state index contributed by atoms with van der Waals surface area (Å²) in [6.07, 6.45) is 2.12. The van der Waals surface area contributed by atoms with Gasteiger partial charge in [0, 0.05) is 28.5 Å². The standard InChI is InChI=1S/C16H14Cl2F2N2O/c17-13-2-1-11(14(18)5-13)9-22-15-10(3-4-23)6-16(19,20)7-12(15)8-21-22/h1-3,5,8,23H,4,6-7,9H2/b10-3+. The van der Waals surface area contributed by atoms with Crippen LogP contribution in [0.3, 0.4) is 0 Å². The van der Waals surface area contributed by atoms with Gasteiger partial charge >= 0.3 is 0 Å². The highest BCUT2D eigenvalue weighted by atomic mass is 35.5. The van der Waals surface area contributed by atoms with Gasteiger partial charge in [0.25, 0.3) is 5.92 Å². The molecule has 1 N–H and O–H groups in total. The van der Waals surface area contributed by atoms with Crippen molar-refractivity contribution in [3.05, 3.63) is 57.3 Å². The van der Waals surface area contributed by atoms with Gasteiger partial charge in [-0.1, -0.05) is 35.3 Å². The van der Waals surface area contributed by atoms with Crippen LogP contribution in [0, 0.1) is 0 Å². The van der Waals surface area contributed by atoms with Crippen LogP contribution in [0.25, 0.3) is 5.57 Å². The molecule has 0 radical (unpaired) electrons. The molecule has 0 spiro atoms. The lowest BCUT2D eigenvalue weighted by Crippen LogP contribution is -2.26. The van der Waals surface area contributed by atoms with Crippen molar-refractivity contribution in [3.8, 4) is 0 Å². The highest BCUT2D eigenvalue weighted by Gasteiger charge is 2.38. The average molecular weight is 359 g/mol. The van der Waals surface area contributed by atoms with E-state index in [0.29, 0.717) is 33.4 Å². The van der Waals surface area contributed by atoms with Gasteiger partial charge in [-0.3, -0.25) is 4.68 Å². The van der Waals surface area contributed by atoms with Crippen molar-refractivity contribution in [2.24, 2.45) is 0 Å². The number of allylic oxidation sites excluding steroid dienone is 1. The monoisotopic (exact) mass is 358 g/mol. The molecule has 0 saturated carbocycles. The molecule has 122 valence electrons. The van der Waals surface area contributed by atoms with Gasteiger partial charge in [-0.25, -0.2) is 8.78 Å². The number of aliphatic hydroxyl groups is 1. The third-order valence-electron chi connectivity index (χ3n) is 3.79. The largest absolute Gasteiger partial charge is 0.392 e. The van der Waals surface area contributed by atoms with Crippen LogP contribution >= 0.6 is 23.2 Å². The summed E-state index contributed by atoms with van der Waals surface area (Å²) in [5, 5.41) is 14.4. The molecule has 1 heterocycles. The summed E-state index contributed by atoms with van der Waals surface area (Å²) >= 11 is 12.1. The fourth-order valence-corrected chi connectivity index (χ4v) is 3.31. The second-order valence-electron chi connectivity index (χ2n) is 5.53. The maximum atomic E-state index is 13.8. The van der Waals surface area contributed by atoms with Crippen molar-refractivity contribution in [2.75, 3.05) is 6.61 Å². The van der Waals surface area contributed by atoms with Gasteiger partial charge in [-0.05, 0) is 23.3 Å². The van der Waals surface area contributed by atoms with E-state index in [4.69, 9.17) is 28.3 Å². The SMILES string of the molecule is OC/C=C1\CC(F)(F)Cc2cnn(Cc3ccc(Cl)cc3Cl)c21. The lowest BCUT2D eigenvalue weighted by molar-refractivity contribution is 0.00415. The molecule has 0 aliphatic heterocycles. The number of rotatable bonds is 3. The molecule has 7 heteroatoms. The molecule has 3 nitrogen and oxygen atoms in total. The Hall–Kier alpha value is -1.43. The first-order valence-corrected chi connectivity index (χ1v) is 7.82. The van der Waals surface area contributed by atoms with Gasteiger partial charge in [-0.15, -0.1) is 0 Å². The van der Waals surface area contributed by atoms with Crippen LogP contribution in [-0.2, 0) is 13.0 Å².